The van der Waals surface area contributed by atoms with Gasteiger partial charge in [-0.05, 0) is 19.1 Å². The van der Waals surface area contributed by atoms with Crippen molar-refractivity contribution >= 4 is 17.2 Å². The van der Waals surface area contributed by atoms with Crippen molar-refractivity contribution in [1.29, 1.82) is 0 Å². The van der Waals surface area contributed by atoms with Crippen molar-refractivity contribution in [1.82, 2.24) is 9.78 Å². The van der Waals surface area contributed by atoms with Crippen LogP contribution in [-0.4, -0.2) is 9.78 Å². The molecule has 0 saturated heterocycles. The molecule has 1 heterocycles. The molecule has 1 aromatic heterocycles. The number of nitrogens with one attached hydrogen (secondary N) is 1. The van der Waals surface area contributed by atoms with Gasteiger partial charge in [-0.2, -0.15) is 5.10 Å². The third-order valence-electron chi connectivity index (χ3n) is 2.45. The number of benzene rings is 1. The Bertz CT molecular complexity index is 563. The van der Waals surface area contributed by atoms with Crippen LogP contribution in [0.15, 0.2) is 18.2 Å². The molecule has 6 heteroatoms. The zero-order valence-electron chi connectivity index (χ0n) is 9.46. The van der Waals surface area contributed by atoms with Crippen LogP contribution in [0.3, 0.4) is 0 Å². The van der Waals surface area contributed by atoms with Crippen molar-refractivity contribution < 1.29 is 8.78 Å². The minimum atomic E-state index is -0.551. The van der Waals surface area contributed by atoms with Crippen LogP contribution in [0.5, 0.6) is 0 Å². The number of aryl methyl sites for hydroxylation is 2. The predicted octanol–water partition coefficient (Wildman–Crippen LogP) is 2.33. The Balaban J connectivity index is 2.41. The third-order valence-corrected chi connectivity index (χ3v) is 2.45. The summed E-state index contributed by atoms with van der Waals surface area (Å²) in [6.45, 7) is 1.74. The Morgan fingerprint density at radius 2 is 2.06 bits per heavy atom. The lowest BCUT2D eigenvalue weighted by Crippen LogP contribution is -2.03. The summed E-state index contributed by atoms with van der Waals surface area (Å²) in [6.07, 6.45) is 0. The lowest BCUT2D eigenvalue weighted by Gasteiger charge is -2.08. The van der Waals surface area contributed by atoms with Gasteiger partial charge < -0.3 is 11.1 Å². The Morgan fingerprint density at radius 1 is 1.35 bits per heavy atom. The highest BCUT2D eigenvalue weighted by Crippen LogP contribution is 2.26. The molecule has 0 aliphatic rings. The van der Waals surface area contributed by atoms with Gasteiger partial charge in [0.05, 0.1) is 17.1 Å². The molecule has 0 bridgehead atoms. The fraction of sp³-hybridized carbons (Fsp3) is 0.182. The number of nitrogens with two attached hydrogens (primary N) is 1. The van der Waals surface area contributed by atoms with E-state index in [0.717, 1.165) is 18.2 Å². The van der Waals surface area contributed by atoms with Crippen molar-refractivity contribution in [3.8, 4) is 0 Å². The molecule has 4 nitrogen and oxygen atoms in total. The van der Waals surface area contributed by atoms with Gasteiger partial charge in [0.15, 0.2) is 5.82 Å². The smallest absolute Gasteiger partial charge is 0.152 e. The zero-order valence-corrected chi connectivity index (χ0v) is 9.46. The van der Waals surface area contributed by atoms with Crippen LogP contribution >= 0.6 is 0 Å². The van der Waals surface area contributed by atoms with E-state index in [0.29, 0.717) is 17.2 Å². The highest BCUT2D eigenvalue weighted by atomic mass is 19.1. The quantitative estimate of drug-likeness (QED) is 0.844. The van der Waals surface area contributed by atoms with Crippen LogP contribution in [-0.2, 0) is 7.05 Å². The summed E-state index contributed by atoms with van der Waals surface area (Å²) in [6, 6.07) is 3.17. The van der Waals surface area contributed by atoms with Crippen LogP contribution in [0.4, 0.5) is 26.0 Å². The van der Waals surface area contributed by atoms with Gasteiger partial charge in [-0.15, -0.1) is 0 Å². The summed E-state index contributed by atoms with van der Waals surface area (Å²) in [5.41, 5.74) is 6.85. The topological polar surface area (TPSA) is 55.9 Å². The fourth-order valence-electron chi connectivity index (χ4n) is 1.54. The molecule has 0 atom stereocenters. The van der Waals surface area contributed by atoms with Crippen LogP contribution in [0.1, 0.15) is 5.69 Å². The first-order valence-corrected chi connectivity index (χ1v) is 5.00. The molecule has 0 spiro atoms. The molecule has 0 aliphatic carbocycles. The Hall–Kier alpha value is -2.11. The summed E-state index contributed by atoms with van der Waals surface area (Å²) in [5, 5.41) is 6.80. The first-order valence-electron chi connectivity index (χ1n) is 5.00. The van der Waals surface area contributed by atoms with Crippen LogP contribution in [0.25, 0.3) is 0 Å². The molecule has 2 rings (SSSR count). The van der Waals surface area contributed by atoms with E-state index in [1.807, 2.05) is 0 Å². The highest BCUT2D eigenvalue weighted by Gasteiger charge is 2.12. The maximum absolute atomic E-state index is 13.4. The second-order valence-corrected chi connectivity index (χ2v) is 3.72. The van der Waals surface area contributed by atoms with Gasteiger partial charge >= 0.3 is 0 Å². The molecule has 0 fully saturated rings. The first-order chi connectivity index (χ1) is 7.99. The SMILES string of the molecule is Cc1nn(C)c(Nc2cc(F)ccc2F)c1N. The largest absolute Gasteiger partial charge is 0.394 e. The van der Waals surface area contributed by atoms with E-state index < -0.39 is 11.6 Å². The van der Waals surface area contributed by atoms with E-state index in [-0.39, 0.29) is 5.69 Å². The number of hydrogen-bond acceptors (Lipinski definition) is 3. The summed E-state index contributed by atoms with van der Waals surface area (Å²) in [4.78, 5) is 0. The number of nitrogens with zero attached hydrogens (tertiary/aromatic N) is 2. The normalized spacial score (nSPS) is 10.6. The Morgan fingerprint density at radius 3 is 2.65 bits per heavy atom. The van der Waals surface area contributed by atoms with Gasteiger partial charge in [0.25, 0.3) is 0 Å². The molecule has 90 valence electrons. The van der Waals surface area contributed by atoms with Crippen molar-refractivity contribution in [2.45, 2.75) is 6.92 Å². The maximum atomic E-state index is 13.4. The molecule has 0 unspecified atom stereocenters. The van der Waals surface area contributed by atoms with Gasteiger partial charge in [0, 0.05) is 13.1 Å². The summed E-state index contributed by atoms with van der Waals surface area (Å²) in [7, 11) is 1.67. The van der Waals surface area contributed by atoms with Crippen LogP contribution in [0.2, 0.25) is 0 Å². The molecular formula is C11H12F2N4. The summed E-state index contributed by atoms with van der Waals surface area (Å²) < 4.78 is 27.9. The summed E-state index contributed by atoms with van der Waals surface area (Å²) >= 11 is 0. The number of nitrogen functional groups attached to an aromatic ring is 1. The monoisotopic (exact) mass is 238 g/mol. The molecule has 0 radical (unpaired) electrons. The molecule has 17 heavy (non-hydrogen) atoms. The van der Waals surface area contributed by atoms with E-state index >= 15 is 0 Å². The summed E-state index contributed by atoms with van der Waals surface area (Å²) in [5.74, 6) is -0.636. The average Bonchev–Trinajstić information content (AvgIpc) is 2.50. The second-order valence-electron chi connectivity index (χ2n) is 3.72. The van der Waals surface area contributed by atoms with Gasteiger partial charge in [-0.3, -0.25) is 4.68 Å². The van der Waals surface area contributed by atoms with E-state index in [9.17, 15) is 8.78 Å². The third kappa shape index (κ3) is 2.06. The molecule has 0 amide bonds. The Kier molecular flexibility index (Phi) is 2.71. The molecule has 2 aromatic rings. The molecule has 0 aliphatic heterocycles. The minimum absolute atomic E-state index is 0.0275. The predicted molar refractivity (Wildman–Crippen MR) is 62.0 cm³/mol. The van der Waals surface area contributed by atoms with E-state index in [1.165, 1.54) is 4.68 Å². The van der Waals surface area contributed by atoms with Crippen molar-refractivity contribution in [3.05, 3.63) is 35.5 Å². The van der Waals surface area contributed by atoms with Crippen molar-refractivity contribution in [3.63, 3.8) is 0 Å². The average molecular weight is 238 g/mol. The van der Waals surface area contributed by atoms with Crippen LogP contribution in [0, 0.1) is 18.6 Å². The molecule has 0 saturated carbocycles. The van der Waals surface area contributed by atoms with Gasteiger partial charge in [-0.1, -0.05) is 0 Å². The first kappa shape index (κ1) is 11.4. The zero-order chi connectivity index (χ0) is 12.6. The number of rotatable bonds is 2. The van der Waals surface area contributed by atoms with Crippen molar-refractivity contribution in [2.24, 2.45) is 7.05 Å². The Labute approximate surface area is 97.0 Å². The minimum Gasteiger partial charge on any atom is -0.394 e. The molecule has 1 aromatic carbocycles. The fourth-order valence-corrected chi connectivity index (χ4v) is 1.54. The van der Waals surface area contributed by atoms with Gasteiger partial charge in [0.1, 0.15) is 11.6 Å². The highest BCUT2D eigenvalue weighted by molar-refractivity contribution is 5.71. The maximum Gasteiger partial charge on any atom is 0.152 e. The van der Waals surface area contributed by atoms with Crippen molar-refractivity contribution in [2.75, 3.05) is 11.1 Å². The molecular weight excluding hydrogens is 226 g/mol. The van der Waals surface area contributed by atoms with Gasteiger partial charge in [0.2, 0.25) is 0 Å². The van der Waals surface area contributed by atoms with Crippen LogP contribution < -0.4 is 11.1 Å². The van der Waals surface area contributed by atoms with E-state index in [2.05, 4.69) is 10.4 Å². The second kappa shape index (κ2) is 4.04. The molecule has 3 N–H and O–H groups in total. The van der Waals surface area contributed by atoms with E-state index in [1.54, 1.807) is 14.0 Å². The van der Waals surface area contributed by atoms with E-state index in [4.69, 9.17) is 5.73 Å². The number of aromatic nitrogens is 2. The lowest BCUT2D eigenvalue weighted by molar-refractivity contribution is 0.603. The standard InChI is InChI=1S/C11H12F2N4/c1-6-10(14)11(17(2)16-6)15-9-5-7(12)3-4-8(9)13/h3-5,15H,14H2,1-2H3. The number of anilines is 3. The number of halogens is 2. The number of hydrogen-bond donors (Lipinski definition) is 2. The van der Waals surface area contributed by atoms with Gasteiger partial charge in [-0.25, -0.2) is 8.78 Å². The lowest BCUT2D eigenvalue weighted by atomic mass is 10.3.